The normalized spacial score (nSPS) is 17.3. The minimum Gasteiger partial charge on any atom is -0.496 e. The Morgan fingerprint density at radius 1 is 1.00 bits per heavy atom. The van der Waals surface area contributed by atoms with Crippen LogP contribution in [0.3, 0.4) is 0 Å². The standard InChI is InChI=1S/C22H21FN2O4/c1-28-18-5-3-2-4-16(18)14-25-21(26)19(15-6-8-17(23)9-7-15)20(22(25)27)24-10-12-29-13-11-24/h2-9H,10-14H2,1H3. The molecule has 1 fully saturated rings. The molecule has 29 heavy (non-hydrogen) atoms. The highest BCUT2D eigenvalue weighted by atomic mass is 19.1. The number of carbonyl (C=O) groups excluding carboxylic acids is 2. The Morgan fingerprint density at radius 3 is 2.38 bits per heavy atom. The molecule has 0 bridgehead atoms. The number of para-hydroxylation sites is 1. The van der Waals surface area contributed by atoms with Gasteiger partial charge in [-0.15, -0.1) is 0 Å². The summed E-state index contributed by atoms with van der Waals surface area (Å²) in [5, 5.41) is 0. The van der Waals surface area contributed by atoms with E-state index in [1.54, 1.807) is 13.2 Å². The van der Waals surface area contributed by atoms with Crippen molar-refractivity contribution < 1.29 is 23.5 Å². The summed E-state index contributed by atoms with van der Waals surface area (Å²) in [5.74, 6) is -0.544. The SMILES string of the molecule is COc1ccccc1CN1C(=O)C(c2ccc(F)cc2)=C(N2CCOCC2)C1=O. The molecular weight excluding hydrogens is 375 g/mol. The molecule has 7 heteroatoms. The minimum absolute atomic E-state index is 0.0974. The molecule has 2 heterocycles. The zero-order chi connectivity index (χ0) is 20.4. The van der Waals surface area contributed by atoms with Crippen molar-refractivity contribution in [3.05, 3.63) is 71.2 Å². The number of rotatable bonds is 5. The second-order valence-electron chi connectivity index (χ2n) is 6.84. The van der Waals surface area contributed by atoms with Crippen molar-refractivity contribution in [1.82, 2.24) is 9.80 Å². The van der Waals surface area contributed by atoms with Crippen LogP contribution < -0.4 is 4.74 Å². The maximum atomic E-state index is 13.4. The van der Waals surface area contributed by atoms with E-state index in [1.165, 1.54) is 29.2 Å². The lowest BCUT2D eigenvalue weighted by molar-refractivity contribution is -0.138. The number of hydrogen-bond acceptors (Lipinski definition) is 5. The molecule has 0 saturated carbocycles. The molecule has 0 spiro atoms. The quantitative estimate of drug-likeness (QED) is 0.727. The average molecular weight is 396 g/mol. The van der Waals surface area contributed by atoms with Gasteiger partial charge in [0.05, 0.1) is 32.4 Å². The monoisotopic (exact) mass is 396 g/mol. The van der Waals surface area contributed by atoms with Crippen molar-refractivity contribution in [3.8, 4) is 5.75 Å². The van der Waals surface area contributed by atoms with E-state index < -0.39 is 11.7 Å². The third kappa shape index (κ3) is 3.61. The molecule has 1 saturated heterocycles. The minimum atomic E-state index is -0.398. The highest BCUT2D eigenvalue weighted by Gasteiger charge is 2.42. The molecular formula is C22H21FN2O4. The van der Waals surface area contributed by atoms with E-state index in [1.807, 2.05) is 23.1 Å². The lowest BCUT2D eigenvalue weighted by Crippen LogP contribution is -2.40. The summed E-state index contributed by atoms with van der Waals surface area (Å²) in [6.07, 6.45) is 0. The van der Waals surface area contributed by atoms with Crippen LogP contribution in [0.15, 0.2) is 54.2 Å². The van der Waals surface area contributed by atoms with Gasteiger partial charge in [0.1, 0.15) is 17.3 Å². The van der Waals surface area contributed by atoms with Crippen LogP contribution in [0.5, 0.6) is 5.75 Å². The van der Waals surface area contributed by atoms with Crippen LogP contribution in [0, 0.1) is 5.82 Å². The Morgan fingerprint density at radius 2 is 1.69 bits per heavy atom. The lowest BCUT2D eigenvalue weighted by Gasteiger charge is -2.29. The number of imide groups is 1. The number of carbonyl (C=O) groups is 2. The lowest BCUT2D eigenvalue weighted by atomic mass is 10.0. The van der Waals surface area contributed by atoms with E-state index in [0.29, 0.717) is 48.9 Å². The van der Waals surface area contributed by atoms with Gasteiger partial charge >= 0.3 is 0 Å². The van der Waals surface area contributed by atoms with Crippen molar-refractivity contribution in [1.29, 1.82) is 0 Å². The molecule has 0 N–H and O–H groups in total. The number of methoxy groups -OCH3 is 1. The van der Waals surface area contributed by atoms with Gasteiger partial charge in [-0.05, 0) is 23.8 Å². The summed E-state index contributed by atoms with van der Waals surface area (Å²) in [6.45, 7) is 2.09. The summed E-state index contributed by atoms with van der Waals surface area (Å²) in [6, 6.07) is 12.9. The smallest absolute Gasteiger partial charge is 0.278 e. The van der Waals surface area contributed by atoms with Crippen LogP contribution in [0.4, 0.5) is 4.39 Å². The first kappa shape index (κ1) is 19.1. The first-order valence-corrected chi connectivity index (χ1v) is 9.41. The van der Waals surface area contributed by atoms with E-state index in [0.717, 1.165) is 5.56 Å². The molecule has 150 valence electrons. The van der Waals surface area contributed by atoms with Crippen LogP contribution in [0.1, 0.15) is 11.1 Å². The topological polar surface area (TPSA) is 59.1 Å². The molecule has 2 aromatic rings. The molecule has 4 rings (SSSR count). The molecule has 2 aromatic carbocycles. The predicted octanol–water partition coefficient (Wildman–Crippen LogP) is 2.45. The molecule has 0 radical (unpaired) electrons. The number of benzene rings is 2. The second-order valence-corrected chi connectivity index (χ2v) is 6.84. The zero-order valence-corrected chi connectivity index (χ0v) is 16.1. The molecule has 2 amide bonds. The molecule has 0 unspecified atom stereocenters. The van der Waals surface area contributed by atoms with E-state index in [4.69, 9.17) is 9.47 Å². The third-order valence-electron chi connectivity index (χ3n) is 5.12. The fourth-order valence-electron chi connectivity index (χ4n) is 3.67. The summed E-state index contributed by atoms with van der Waals surface area (Å²) in [4.78, 5) is 29.7. The number of ether oxygens (including phenoxy) is 2. The molecule has 0 atom stereocenters. The van der Waals surface area contributed by atoms with E-state index in [2.05, 4.69) is 0 Å². The highest BCUT2D eigenvalue weighted by molar-refractivity contribution is 6.35. The molecule has 0 aromatic heterocycles. The van der Waals surface area contributed by atoms with Crippen LogP contribution in [-0.4, -0.2) is 55.0 Å². The predicted molar refractivity (Wildman–Crippen MR) is 104 cm³/mol. The maximum absolute atomic E-state index is 13.4. The molecule has 2 aliphatic rings. The van der Waals surface area contributed by atoms with Crippen LogP contribution in [0.2, 0.25) is 0 Å². The van der Waals surface area contributed by atoms with Crippen molar-refractivity contribution in [2.45, 2.75) is 6.54 Å². The highest BCUT2D eigenvalue weighted by Crippen LogP contribution is 2.34. The Hall–Kier alpha value is -3.19. The van der Waals surface area contributed by atoms with Crippen molar-refractivity contribution >= 4 is 17.4 Å². The van der Waals surface area contributed by atoms with Crippen LogP contribution in [0.25, 0.3) is 5.57 Å². The number of morpholine rings is 1. The zero-order valence-electron chi connectivity index (χ0n) is 16.1. The number of halogens is 1. The Bertz CT molecular complexity index is 965. The first-order valence-electron chi connectivity index (χ1n) is 9.41. The van der Waals surface area contributed by atoms with Crippen molar-refractivity contribution in [2.24, 2.45) is 0 Å². The molecule has 2 aliphatic heterocycles. The maximum Gasteiger partial charge on any atom is 0.278 e. The largest absolute Gasteiger partial charge is 0.496 e. The third-order valence-corrected chi connectivity index (χ3v) is 5.12. The number of hydrogen-bond donors (Lipinski definition) is 0. The summed E-state index contributed by atoms with van der Waals surface area (Å²) < 4.78 is 24.2. The van der Waals surface area contributed by atoms with Gasteiger partial charge in [0.2, 0.25) is 0 Å². The van der Waals surface area contributed by atoms with Crippen molar-refractivity contribution in [3.63, 3.8) is 0 Å². The van der Waals surface area contributed by atoms with Gasteiger partial charge in [-0.2, -0.15) is 0 Å². The van der Waals surface area contributed by atoms with E-state index in [9.17, 15) is 14.0 Å². The summed E-state index contributed by atoms with van der Waals surface area (Å²) in [5.41, 5.74) is 1.90. The van der Waals surface area contributed by atoms with E-state index >= 15 is 0 Å². The Labute approximate surface area is 168 Å². The van der Waals surface area contributed by atoms with E-state index in [-0.39, 0.29) is 12.5 Å². The second kappa shape index (κ2) is 8.05. The first-order chi connectivity index (χ1) is 14.1. The van der Waals surface area contributed by atoms with Crippen LogP contribution >= 0.6 is 0 Å². The Kier molecular flexibility index (Phi) is 5.31. The summed E-state index contributed by atoms with van der Waals surface area (Å²) in [7, 11) is 1.55. The van der Waals surface area contributed by atoms with Gasteiger partial charge < -0.3 is 14.4 Å². The average Bonchev–Trinajstić information content (AvgIpc) is 3.00. The number of nitrogens with zero attached hydrogens (tertiary/aromatic N) is 2. The van der Waals surface area contributed by atoms with Crippen LogP contribution in [-0.2, 0) is 20.9 Å². The fraction of sp³-hybridized carbons (Fsp3) is 0.273. The fourth-order valence-corrected chi connectivity index (χ4v) is 3.67. The van der Waals surface area contributed by atoms with Gasteiger partial charge in [0.25, 0.3) is 11.8 Å². The van der Waals surface area contributed by atoms with Gasteiger partial charge in [-0.3, -0.25) is 14.5 Å². The molecule has 0 aliphatic carbocycles. The summed E-state index contributed by atoms with van der Waals surface area (Å²) >= 11 is 0. The van der Waals surface area contributed by atoms with Gasteiger partial charge in [0.15, 0.2) is 0 Å². The van der Waals surface area contributed by atoms with Crippen molar-refractivity contribution in [2.75, 3.05) is 33.4 Å². The van der Waals surface area contributed by atoms with Gasteiger partial charge in [0, 0.05) is 18.7 Å². The van der Waals surface area contributed by atoms with Gasteiger partial charge in [-0.25, -0.2) is 4.39 Å². The Balaban J connectivity index is 1.74. The number of amides is 2. The van der Waals surface area contributed by atoms with Gasteiger partial charge in [-0.1, -0.05) is 30.3 Å². The molecule has 6 nitrogen and oxygen atoms in total.